The van der Waals surface area contributed by atoms with Crippen molar-refractivity contribution < 1.29 is 14.3 Å². The molecule has 0 saturated carbocycles. The van der Waals surface area contributed by atoms with E-state index in [1.807, 2.05) is 36.0 Å². The molecule has 0 aromatic carbocycles. The summed E-state index contributed by atoms with van der Waals surface area (Å²) in [5.74, 6) is 1.29. The van der Waals surface area contributed by atoms with Crippen molar-refractivity contribution in [2.45, 2.75) is 51.6 Å². The van der Waals surface area contributed by atoms with E-state index in [2.05, 4.69) is 33.2 Å². The van der Waals surface area contributed by atoms with Gasteiger partial charge in [-0.3, -0.25) is 9.89 Å². The molecule has 0 radical (unpaired) electrons. The van der Waals surface area contributed by atoms with Gasteiger partial charge in [-0.2, -0.15) is 5.10 Å². The number of esters is 1. The Bertz CT molecular complexity index is 1350. The lowest BCUT2D eigenvalue weighted by atomic mass is 9.83. The van der Waals surface area contributed by atoms with Crippen LogP contribution in [0.25, 0.3) is 27.7 Å². The van der Waals surface area contributed by atoms with Crippen LogP contribution in [-0.4, -0.2) is 62.1 Å². The maximum atomic E-state index is 12.5. The first-order chi connectivity index (χ1) is 17.0. The molecule has 1 fully saturated rings. The van der Waals surface area contributed by atoms with Gasteiger partial charge in [-0.15, -0.1) is 5.10 Å². The standard InChI is InChI=1S/C25H31N7O3/c1-4-17-12-25(26,24(33)35-6-3)9-10-31(17)21-8-7-16(13-27-21)19-11-18(34-5-2)15-32-22(19)20-14-28-29-23(20)30-32/h7-8,11,13-15,17H,4-6,9-10,12,26H2,1-3H3,(H,29,30). The van der Waals surface area contributed by atoms with Crippen molar-refractivity contribution in [3.8, 4) is 16.9 Å². The zero-order valence-electron chi connectivity index (χ0n) is 20.3. The van der Waals surface area contributed by atoms with Gasteiger partial charge in [-0.1, -0.05) is 6.92 Å². The molecule has 4 aromatic heterocycles. The highest BCUT2D eigenvalue weighted by atomic mass is 16.5. The number of hydrogen-bond acceptors (Lipinski definition) is 8. The minimum absolute atomic E-state index is 0.102. The molecule has 5 rings (SSSR count). The maximum Gasteiger partial charge on any atom is 0.326 e. The van der Waals surface area contributed by atoms with Crippen molar-refractivity contribution >= 4 is 28.3 Å². The van der Waals surface area contributed by atoms with E-state index in [-0.39, 0.29) is 12.0 Å². The number of fused-ring (bicyclic) bond motifs is 3. The summed E-state index contributed by atoms with van der Waals surface area (Å²) in [6, 6.07) is 6.21. The maximum absolute atomic E-state index is 12.5. The number of H-pyrrole nitrogens is 1. The van der Waals surface area contributed by atoms with Crippen LogP contribution in [0.4, 0.5) is 5.82 Å². The van der Waals surface area contributed by atoms with Crippen molar-refractivity contribution in [3.63, 3.8) is 0 Å². The van der Waals surface area contributed by atoms with Crippen LogP contribution in [-0.2, 0) is 9.53 Å². The molecule has 0 aliphatic carbocycles. The SMILES string of the molecule is CCOC(=O)C1(N)CCN(c2ccc(-c3cc(OCC)cn4nc5[nH]ncc5c34)cn2)C(CC)C1. The second kappa shape index (κ2) is 9.18. The van der Waals surface area contributed by atoms with Crippen molar-refractivity contribution in [2.75, 3.05) is 24.7 Å². The summed E-state index contributed by atoms with van der Waals surface area (Å²) in [5, 5.41) is 12.6. The van der Waals surface area contributed by atoms with Crippen LogP contribution in [0, 0.1) is 0 Å². The highest BCUT2D eigenvalue weighted by Gasteiger charge is 2.43. The summed E-state index contributed by atoms with van der Waals surface area (Å²) >= 11 is 0. The monoisotopic (exact) mass is 477 g/mol. The fraction of sp³-hybridized carbons (Fsp3) is 0.440. The summed E-state index contributed by atoms with van der Waals surface area (Å²) < 4.78 is 12.9. The lowest BCUT2D eigenvalue weighted by Crippen LogP contribution is -2.60. The van der Waals surface area contributed by atoms with Crippen molar-refractivity contribution in [2.24, 2.45) is 5.73 Å². The zero-order chi connectivity index (χ0) is 24.6. The number of rotatable bonds is 7. The van der Waals surface area contributed by atoms with Gasteiger partial charge in [0.15, 0.2) is 5.65 Å². The number of aromatic amines is 1. The van der Waals surface area contributed by atoms with E-state index >= 15 is 0 Å². The van der Waals surface area contributed by atoms with Gasteiger partial charge in [0.2, 0.25) is 0 Å². The molecule has 2 atom stereocenters. The largest absolute Gasteiger partial charge is 0.492 e. The number of carbonyl (C=O) groups excluding carboxylic acids is 1. The molecule has 2 unspecified atom stereocenters. The smallest absolute Gasteiger partial charge is 0.326 e. The molecular formula is C25H31N7O3. The number of nitrogens with one attached hydrogen (secondary N) is 1. The molecule has 1 saturated heterocycles. The number of anilines is 1. The molecule has 0 bridgehead atoms. The van der Waals surface area contributed by atoms with E-state index in [1.54, 1.807) is 13.1 Å². The molecule has 5 heterocycles. The van der Waals surface area contributed by atoms with Gasteiger partial charge in [0.25, 0.3) is 0 Å². The second-order valence-corrected chi connectivity index (χ2v) is 8.94. The first-order valence-electron chi connectivity index (χ1n) is 12.1. The van der Waals surface area contributed by atoms with Crippen LogP contribution in [0.3, 0.4) is 0 Å². The number of nitrogens with zero attached hydrogens (tertiary/aromatic N) is 5. The third kappa shape index (κ3) is 4.07. The number of pyridine rings is 2. The molecule has 4 aromatic rings. The molecule has 0 amide bonds. The Labute approximate surface area is 203 Å². The molecule has 0 spiro atoms. The van der Waals surface area contributed by atoms with E-state index in [0.717, 1.165) is 45.7 Å². The molecule has 1 aliphatic rings. The van der Waals surface area contributed by atoms with Crippen LogP contribution < -0.4 is 15.4 Å². The van der Waals surface area contributed by atoms with Crippen molar-refractivity contribution in [1.82, 2.24) is 24.8 Å². The predicted molar refractivity (Wildman–Crippen MR) is 133 cm³/mol. The summed E-state index contributed by atoms with van der Waals surface area (Å²) in [7, 11) is 0. The summed E-state index contributed by atoms with van der Waals surface area (Å²) in [6.07, 6.45) is 7.45. The van der Waals surface area contributed by atoms with Gasteiger partial charge >= 0.3 is 5.97 Å². The van der Waals surface area contributed by atoms with Crippen LogP contribution in [0.15, 0.2) is 36.8 Å². The summed E-state index contributed by atoms with van der Waals surface area (Å²) in [5.41, 5.74) is 9.09. The van der Waals surface area contributed by atoms with E-state index in [4.69, 9.17) is 20.2 Å². The molecule has 184 valence electrons. The summed E-state index contributed by atoms with van der Waals surface area (Å²) in [4.78, 5) is 19.5. The van der Waals surface area contributed by atoms with E-state index in [9.17, 15) is 4.79 Å². The fourth-order valence-electron chi connectivity index (χ4n) is 4.98. The highest BCUT2D eigenvalue weighted by Crippen LogP contribution is 2.35. The average Bonchev–Trinajstić information content (AvgIpc) is 3.45. The van der Waals surface area contributed by atoms with E-state index in [1.165, 1.54) is 0 Å². The molecule has 1 aliphatic heterocycles. The fourth-order valence-corrected chi connectivity index (χ4v) is 4.98. The third-order valence-corrected chi connectivity index (χ3v) is 6.76. The Morgan fingerprint density at radius 3 is 2.83 bits per heavy atom. The molecular weight excluding hydrogens is 446 g/mol. The molecule has 10 heteroatoms. The summed E-state index contributed by atoms with van der Waals surface area (Å²) in [6.45, 7) is 7.40. The first-order valence-corrected chi connectivity index (χ1v) is 12.1. The number of nitrogens with two attached hydrogens (primary N) is 1. The van der Waals surface area contributed by atoms with Crippen LogP contribution >= 0.6 is 0 Å². The molecule has 10 nitrogen and oxygen atoms in total. The minimum Gasteiger partial charge on any atom is -0.492 e. The van der Waals surface area contributed by atoms with E-state index in [0.29, 0.717) is 32.6 Å². The molecule has 35 heavy (non-hydrogen) atoms. The minimum atomic E-state index is -0.948. The molecule has 3 N–H and O–H groups in total. The Morgan fingerprint density at radius 2 is 2.11 bits per heavy atom. The van der Waals surface area contributed by atoms with Gasteiger partial charge in [0.05, 0.1) is 36.5 Å². The number of carbonyl (C=O) groups is 1. The first kappa shape index (κ1) is 23.1. The third-order valence-electron chi connectivity index (χ3n) is 6.76. The Hall–Kier alpha value is -3.66. The number of piperidine rings is 1. The predicted octanol–water partition coefficient (Wildman–Crippen LogP) is 3.31. The topological polar surface area (TPSA) is 124 Å². The van der Waals surface area contributed by atoms with Gasteiger partial charge in [-0.25, -0.2) is 9.50 Å². The van der Waals surface area contributed by atoms with Crippen molar-refractivity contribution in [1.29, 1.82) is 0 Å². The quantitative estimate of drug-likeness (QED) is 0.389. The van der Waals surface area contributed by atoms with Crippen LogP contribution in [0.5, 0.6) is 5.75 Å². The lowest BCUT2D eigenvalue weighted by Gasteiger charge is -2.43. The number of hydrogen-bond donors (Lipinski definition) is 2. The van der Waals surface area contributed by atoms with Gasteiger partial charge in [0, 0.05) is 29.9 Å². The van der Waals surface area contributed by atoms with E-state index < -0.39 is 5.54 Å². The second-order valence-electron chi connectivity index (χ2n) is 8.94. The van der Waals surface area contributed by atoms with Gasteiger partial charge < -0.3 is 20.1 Å². The Balaban J connectivity index is 1.47. The van der Waals surface area contributed by atoms with Gasteiger partial charge in [0.1, 0.15) is 17.1 Å². The zero-order valence-corrected chi connectivity index (χ0v) is 20.3. The van der Waals surface area contributed by atoms with Crippen LogP contribution in [0.1, 0.15) is 40.0 Å². The van der Waals surface area contributed by atoms with Crippen LogP contribution in [0.2, 0.25) is 0 Å². The van der Waals surface area contributed by atoms with Crippen molar-refractivity contribution in [3.05, 3.63) is 36.8 Å². The number of ether oxygens (including phenoxy) is 2. The Morgan fingerprint density at radius 1 is 1.26 bits per heavy atom. The average molecular weight is 478 g/mol. The van der Waals surface area contributed by atoms with Gasteiger partial charge in [-0.05, 0) is 51.3 Å². The number of aromatic nitrogens is 5. The highest BCUT2D eigenvalue weighted by molar-refractivity contribution is 6.00. The normalized spacial score (nSPS) is 20.5. The lowest BCUT2D eigenvalue weighted by molar-refractivity contribution is -0.150. The Kier molecular flexibility index (Phi) is 6.06.